The molecule has 146 valence electrons. The molecule has 7 nitrogen and oxygen atoms in total. The first-order valence-electron chi connectivity index (χ1n) is 8.90. The normalized spacial score (nSPS) is 14.3. The number of aromatic nitrogens is 3. The topological polar surface area (TPSA) is 88.9 Å². The summed E-state index contributed by atoms with van der Waals surface area (Å²) in [7, 11) is 0. The van der Waals surface area contributed by atoms with Gasteiger partial charge < -0.3 is 10.6 Å². The van der Waals surface area contributed by atoms with E-state index in [-0.39, 0.29) is 24.4 Å². The molecule has 1 aliphatic carbocycles. The predicted octanol–water partition coefficient (Wildman–Crippen LogP) is 4.14. The second kappa shape index (κ2) is 8.54. The van der Waals surface area contributed by atoms with Crippen LogP contribution < -0.4 is 10.6 Å². The van der Waals surface area contributed by atoms with Crippen molar-refractivity contribution in [3.05, 3.63) is 39.4 Å². The summed E-state index contributed by atoms with van der Waals surface area (Å²) in [6, 6.07) is 2.26. The van der Waals surface area contributed by atoms with Crippen molar-refractivity contribution in [2.24, 2.45) is 0 Å². The van der Waals surface area contributed by atoms with Gasteiger partial charge in [-0.15, -0.1) is 22.7 Å². The van der Waals surface area contributed by atoms with Crippen LogP contribution in [-0.2, 0) is 11.3 Å². The molecule has 0 saturated heterocycles. The molecule has 0 spiro atoms. The molecule has 4 rings (SSSR count). The Bertz CT molecular complexity index is 990. The SMILES string of the molecule is O=C(Cn1cc(NC(=O)c2csc(-c3cc(Br)cs3)n2)cn1)NC1CCCC1. The predicted molar refractivity (Wildman–Crippen MR) is 114 cm³/mol. The van der Waals surface area contributed by atoms with Crippen molar-refractivity contribution >= 4 is 56.1 Å². The molecule has 0 atom stereocenters. The summed E-state index contributed by atoms with van der Waals surface area (Å²) < 4.78 is 2.52. The maximum Gasteiger partial charge on any atom is 0.275 e. The molecular weight excluding hydrogens is 462 g/mol. The van der Waals surface area contributed by atoms with E-state index in [4.69, 9.17) is 0 Å². The Kier molecular flexibility index (Phi) is 5.88. The summed E-state index contributed by atoms with van der Waals surface area (Å²) in [5.74, 6) is -0.354. The summed E-state index contributed by atoms with van der Waals surface area (Å²) in [6.45, 7) is 0.139. The van der Waals surface area contributed by atoms with Crippen molar-refractivity contribution in [3.8, 4) is 9.88 Å². The molecule has 0 radical (unpaired) electrons. The van der Waals surface area contributed by atoms with Crippen LogP contribution in [-0.4, -0.2) is 32.6 Å². The molecule has 28 heavy (non-hydrogen) atoms. The van der Waals surface area contributed by atoms with E-state index in [1.54, 1.807) is 22.9 Å². The first-order chi connectivity index (χ1) is 13.6. The molecule has 0 aromatic carbocycles. The number of amides is 2. The minimum absolute atomic E-state index is 0.0564. The van der Waals surface area contributed by atoms with Crippen LogP contribution in [0.3, 0.4) is 0 Å². The van der Waals surface area contributed by atoms with Crippen LogP contribution in [0.1, 0.15) is 36.2 Å². The summed E-state index contributed by atoms with van der Waals surface area (Å²) in [4.78, 5) is 29.9. The van der Waals surface area contributed by atoms with Crippen LogP contribution in [0.4, 0.5) is 5.69 Å². The number of anilines is 1. The van der Waals surface area contributed by atoms with Gasteiger partial charge in [-0.25, -0.2) is 4.98 Å². The number of rotatable bonds is 6. The summed E-state index contributed by atoms with van der Waals surface area (Å²) in [5, 5.41) is 14.5. The molecule has 10 heteroatoms. The van der Waals surface area contributed by atoms with E-state index in [0.717, 1.165) is 27.2 Å². The highest BCUT2D eigenvalue weighted by Gasteiger charge is 2.18. The Hall–Kier alpha value is -2.04. The average molecular weight is 480 g/mol. The van der Waals surface area contributed by atoms with Gasteiger partial charge in [-0.1, -0.05) is 12.8 Å². The fourth-order valence-electron chi connectivity index (χ4n) is 3.12. The Balaban J connectivity index is 1.34. The maximum absolute atomic E-state index is 12.4. The second-order valence-corrected chi connectivity index (χ2v) is 9.28. The lowest BCUT2D eigenvalue weighted by Gasteiger charge is -2.11. The number of nitrogens with one attached hydrogen (secondary N) is 2. The van der Waals surface area contributed by atoms with Crippen LogP contribution in [0.5, 0.6) is 0 Å². The first kappa shape index (κ1) is 19.3. The highest BCUT2D eigenvalue weighted by atomic mass is 79.9. The molecule has 2 N–H and O–H groups in total. The summed E-state index contributed by atoms with van der Waals surface area (Å²) in [6.07, 6.45) is 7.62. The van der Waals surface area contributed by atoms with E-state index in [0.29, 0.717) is 11.4 Å². The van der Waals surface area contributed by atoms with E-state index in [1.807, 2.05) is 11.4 Å². The van der Waals surface area contributed by atoms with Crippen molar-refractivity contribution in [3.63, 3.8) is 0 Å². The van der Waals surface area contributed by atoms with Crippen LogP contribution in [0.2, 0.25) is 0 Å². The third-order valence-corrected chi connectivity index (χ3v) is 7.13. The van der Waals surface area contributed by atoms with Gasteiger partial charge >= 0.3 is 0 Å². The highest BCUT2D eigenvalue weighted by molar-refractivity contribution is 9.10. The lowest BCUT2D eigenvalue weighted by atomic mass is 10.2. The lowest BCUT2D eigenvalue weighted by molar-refractivity contribution is -0.122. The number of carbonyl (C=O) groups excluding carboxylic acids is 2. The Morgan fingerprint density at radius 1 is 1.25 bits per heavy atom. The van der Waals surface area contributed by atoms with Crippen molar-refractivity contribution in [2.45, 2.75) is 38.3 Å². The quantitative estimate of drug-likeness (QED) is 0.555. The number of thiazole rings is 1. The van der Waals surface area contributed by atoms with Gasteiger partial charge in [0.05, 0.1) is 16.8 Å². The van der Waals surface area contributed by atoms with E-state index in [2.05, 4.69) is 36.6 Å². The monoisotopic (exact) mass is 479 g/mol. The van der Waals surface area contributed by atoms with Gasteiger partial charge in [-0.2, -0.15) is 5.10 Å². The fourth-order valence-corrected chi connectivity index (χ4v) is 5.42. The molecule has 3 aromatic heterocycles. The van der Waals surface area contributed by atoms with Gasteiger partial charge in [0.15, 0.2) is 0 Å². The van der Waals surface area contributed by atoms with Crippen LogP contribution >= 0.6 is 38.6 Å². The van der Waals surface area contributed by atoms with Crippen LogP contribution in [0.25, 0.3) is 9.88 Å². The number of thiophene rings is 1. The van der Waals surface area contributed by atoms with Gasteiger partial charge in [-0.05, 0) is 34.8 Å². The zero-order chi connectivity index (χ0) is 19.5. The Labute approximate surface area is 178 Å². The highest BCUT2D eigenvalue weighted by Crippen LogP contribution is 2.32. The van der Waals surface area contributed by atoms with Gasteiger partial charge in [0.25, 0.3) is 5.91 Å². The standard InChI is InChI=1S/C18H18BrN5O2S2/c19-11-5-15(27-9-11)18-23-14(10-28-18)17(26)22-13-6-20-24(7-13)8-16(25)21-12-3-1-2-4-12/h5-7,9-10,12H,1-4,8H2,(H,21,25)(H,22,26). The minimum atomic E-state index is -0.298. The molecule has 0 aliphatic heterocycles. The van der Waals surface area contributed by atoms with Crippen molar-refractivity contribution < 1.29 is 9.59 Å². The zero-order valence-electron chi connectivity index (χ0n) is 14.9. The molecule has 3 aromatic rings. The van der Waals surface area contributed by atoms with Gasteiger partial charge in [0, 0.05) is 27.5 Å². The molecule has 0 bridgehead atoms. The molecule has 1 fully saturated rings. The number of hydrogen-bond donors (Lipinski definition) is 2. The summed E-state index contributed by atoms with van der Waals surface area (Å²) >= 11 is 6.42. The smallest absolute Gasteiger partial charge is 0.275 e. The Morgan fingerprint density at radius 3 is 2.82 bits per heavy atom. The third-order valence-electron chi connectivity index (χ3n) is 4.43. The molecule has 1 saturated carbocycles. The third kappa shape index (κ3) is 4.68. The maximum atomic E-state index is 12.4. The van der Waals surface area contributed by atoms with Crippen LogP contribution in [0, 0.1) is 0 Å². The minimum Gasteiger partial charge on any atom is -0.352 e. The first-order valence-corrected chi connectivity index (χ1v) is 11.4. The molecule has 0 unspecified atom stereocenters. The number of halogens is 1. The van der Waals surface area contributed by atoms with Gasteiger partial charge in [0.1, 0.15) is 17.2 Å². The van der Waals surface area contributed by atoms with E-state index in [1.165, 1.54) is 35.1 Å². The fraction of sp³-hybridized carbons (Fsp3) is 0.333. The van der Waals surface area contributed by atoms with E-state index >= 15 is 0 Å². The summed E-state index contributed by atoms with van der Waals surface area (Å²) in [5.41, 5.74) is 0.892. The largest absolute Gasteiger partial charge is 0.352 e. The molecular formula is C18H18BrN5O2S2. The molecule has 2 amide bonds. The zero-order valence-corrected chi connectivity index (χ0v) is 18.1. The average Bonchev–Trinajstić information content (AvgIpc) is 3.41. The number of hydrogen-bond acceptors (Lipinski definition) is 6. The van der Waals surface area contributed by atoms with E-state index in [9.17, 15) is 9.59 Å². The number of carbonyl (C=O) groups is 2. The van der Waals surface area contributed by atoms with Crippen molar-refractivity contribution in [1.29, 1.82) is 0 Å². The van der Waals surface area contributed by atoms with E-state index < -0.39 is 0 Å². The van der Waals surface area contributed by atoms with Crippen molar-refractivity contribution in [1.82, 2.24) is 20.1 Å². The second-order valence-electron chi connectivity index (χ2n) is 6.60. The van der Waals surface area contributed by atoms with Gasteiger partial charge in [0.2, 0.25) is 5.91 Å². The molecule has 1 aliphatic rings. The number of nitrogens with zero attached hydrogens (tertiary/aromatic N) is 3. The van der Waals surface area contributed by atoms with Gasteiger partial charge in [-0.3, -0.25) is 14.3 Å². The molecule has 3 heterocycles. The lowest BCUT2D eigenvalue weighted by Crippen LogP contribution is -2.35. The van der Waals surface area contributed by atoms with Crippen LogP contribution in [0.15, 0.2) is 33.7 Å². The van der Waals surface area contributed by atoms with Crippen molar-refractivity contribution in [2.75, 3.05) is 5.32 Å². The Morgan fingerprint density at radius 2 is 2.07 bits per heavy atom.